The van der Waals surface area contributed by atoms with Gasteiger partial charge in [-0.1, -0.05) is 64.0 Å². The van der Waals surface area contributed by atoms with Gasteiger partial charge < -0.3 is 0 Å². The van der Waals surface area contributed by atoms with E-state index in [2.05, 4.69) is 19.0 Å². The molecule has 0 aromatic carbocycles. The Labute approximate surface area is 94.8 Å². The smallest absolute Gasteiger partial charge is 0.0998 e. The minimum absolute atomic E-state index is 0.289. The lowest BCUT2D eigenvalue weighted by atomic mass is 9.90. The van der Waals surface area contributed by atoms with Gasteiger partial charge in [0.1, 0.15) is 0 Å². The molecule has 0 aromatic rings. The van der Waals surface area contributed by atoms with Crippen molar-refractivity contribution in [3.63, 3.8) is 0 Å². The summed E-state index contributed by atoms with van der Waals surface area (Å²) in [6.07, 6.45) is 10.5. The van der Waals surface area contributed by atoms with Gasteiger partial charge in [0.05, 0.1) is 5.54 Å². The first-order chi connectivity index (χ1) is 7.18. The lowest BCUT2D eigenvalue weighted by Crippen LogP contribution is -2.20. The third-order valence-electron chi connectivity index (χ3n) is 3.11. The van der Waals surface area contributed by atoms with Crippen LogP contribution < -0.4 is 0 Å². The molecular formula is C13H27NO. The van der Waals surface area contributed by atoms with Gasteiger partial charge in [-0.05, 0) is 19.8 Å². The van der Waals surface area contributed by atoms with Gasteiger partial charge in [0.2, 0.25) is 0 Å². The van der Waals surface area contributed by atoms with Crippen molar-refractivity contribution in [1.82, 2.24) is 0 Å². The summed E-state index contributed by atoms with van der Waals surface area (Å²) >= 11 is 0. The number of nitroso groups, excluding NO2 is 1. The number of rotatable bonds is 10. The van der Waals surface area contributed by atoms with Gasteiger partial charge in [-0.15, -0.1) is 0 Å². The van der Waals surface area contributed by atoms with Crippen LogP contribution in [0, 0.1) is 4.91 Å². The predicted octanol–water partition coefficient (Wildman–Crippen LogP) is 5.06. The third kappa shape index (κ3) is 7.52. The highest BCUT2D eigenvalue weighted by molar-refractivity contribution is 4.81. The fraction of sp³-hybridized carbons (Fsp3) is 1.00. The van der Waals surface area contributed by atoms with E-state index >= 15 is 0 Å². The maximum absolute atomic E-state index is 10.8. The molecule has 1 atom stereocenters. The Morgan fingerprint density at radius 3 is 1.93 bits per heavy atom. The quantitative estimate of drug-likeness (QED) is 0.368. The molecule has 0 N–H and O–H groups in total. The zero-order valence-corrected chi connectivity index (χ0v) is 10.7. The van der Waals surface area contributed by atoms with Crippen molar-refractivity contribution in [2.24, 2.45) is 5.18 Å². The molecule has 2 nitrogen and oxygen atoms in total. The van der Waals surface area contributed by atoms with Crippen LogP contribution in [0.4, 0.5) is 0 Å². The Morgan fingerprint density at radius 2 is 1.40 bits per heavy atom. The van der Waals surface area contributed by atoms with E-state index in [0.29, 0.717) is 0 Å². The SMILES string of the molecule is CCCCCCCC(C)(CCCC)N=O. The summed E-state index contributed by atoms with van der Waals surface area (Å²) in [4.78, 5) is 10.8. The predicted molar refractivity (Wildman–Crippen MR) is 67.1 cm³/mol. The second kappa shape index (κ2) is 8.87. The zero-order chi connectivity index (χ0) is 11.6. The van der Waals surface area contributed by atoms with Crippen LogP contribution >= 0.6 is 0 Å². The van der Waals surface area contributed by atoms with Gasteiger partial charge in [0.25, 0.3) is 0 Å². The fourth-order valence-electron chi connectivity index (χ4n) is 1.88. The molecule has 0 radical (unpaired) electrons. The van der Waals surface area contributed by atoms with E-state index in [1.165, 1.54) is 25.7 Å². The summed E-state index contributed by atoms with van der Waals surface area (Å²) < 4.78 is 0. The van der Waals surface area contributed by atoms with Gasteiger partial charge >= 0.3 is 0 Å². The lowest BCUT2D eigenvalue weighted by Gasteiger charge is -2.20. The van der Waals surface area contributed by atoms with E-state index in [9.17, 15) is 4.91 Å². The molecular weight excluding hydrogens is 186 g/mol. The van der Waals surface area contributed by atoms with Crippen LogP contribution in [-0.4, -0.2) is 5.54 Å². The Balaban J connectivity index is 3.63. The normalized spacial score (nSPS) is 14.9. The average molecular weight is 213 g/mol. The van der Waals surface area contributed by atoms with Gasteiger partial charge in [0, 0.05) is 0 Å². The Hall–Kier alpha value is -0.400. The minimum Gasteiger partial charge on any atom is -0.150 e. The topological polar surface area (TPSA) is 29.4 Å². The monoisotopic (exact) mass is 213 g/mol. The first-order valence-electron chi connectivity index (χ1n) is 6.53. The highest BCUT2D eigenvalue weighted by Gasteiger charge is 2.23. The molecule has 0 rings (SSSR count). The van der Waals surface area contributed by atoms with E-state index in [-0.39, 0.29) is 5.54 Å². The fourth-order valence-corrected chi connectivity index (χ4v) is 1.88. The van der Waals surface area contributed by atoms with Gasteiger partial charge in [0.15, 0.2) is 0 Å². The van der Waals surface area contributed by atoms with Crippen molar-refractivity contribution >= 4 is 0 Å². The average Bonchev–Trinajstić information content (AvgIpc) is 2.26. The van der Waals surface area contributed by atoms with Crippen LogP contribution in [0.1, 0.15) is 78.6 Å². The highest BCUT2D eigenvalue weighted by atomic mass is 16.3. The highest BCUT2D eigenvalue weighted by Crippen LogP contribution is 2.25. The molecule has 0 amide bonds. The van der Waals surface area contributed by atoms with Crippen LogP contribution in [0.15, 0.2) is 5.18 Å². The zero-order valence-electron chi connectivity index (χ0n) is 10.7. The second-order valence-corrected chi connectivity index (χ2v) is 4.86. The molecule has 15 heavy (non-hydrogen) atoms. The van der Waals surface area contributed by atoms with Crippen LogP contribution in [0.5, 0.6) is 0 Å². The van der Waals surface area contributed by atoms with E-state index in [0.717, 1.165) is 32.1 Å². The molecule has 0 spiro atoms. The summed E-state index contributed by atoms with van der Waals surface area (Å²) in [5.41, 5.74) is -0.289. The molecule has 0 fully saturated rings. The second-order valence-electron chi connectivity index (χ2n) is 4.86. The standard InChI is InChI=1S/C13H27NO/c1-4-6-8-9-10-12-13(3,14-15)11-7-5-2/h4-12H2,1-3H3. The van der Waals surface area contributed by atoms with Crippen molar-refractivity contribution in [3.8, 4) is 0 Å². The molecule has 0 aliphatic rings. The van der Waals surface area contributed by atoms with Crippen LogP contribution in [0.3, 0.4) is 0 Å². The molecule has 0 aromatic heterocycles. The molecule has 0 heterocycles. The van der Waals surface area contributed by atoms with Crippen LogP contribution in [0.2, 0.25) is 0 Å². The number of nitrogens with zero attached hydrogens (tertiary/aromatic N) is 1. The summed E-state index contributed by atoms with van der Waals surface area (Å²) in [5, 5.41) is 3.33. The van der Waals surface area contributed by atoms with Crippen molar-refractivity contribution in [2.75, 3.05) is 0 Å². The largest absolute Gasteiger partial charge is 0.150 e. The Kier molecular flexibility index (Phi) is 8.64. The molecule has 0 aliphatic carbocycles. The maximum atomic E-state index is 10.8. The van der Waals surface area contributed by atoms with Gasteiger partial charge in [-0.25, -0.2) is 0 Å². The van der Waals surface area contributed by atoms with Crippen molar-refractivity contribution < 1.29 is 0 Å². The summed E-state index contributed by atoms with van der Waals surface area (Å²) in [5.74, 6) is 0. The van der Waals surface area contributed by atoms with E-state index in [4.69, 9.17) is 0 Å². The molecule has 0 saturated heterocycles. The van der Waals surface area contributed by atoms with E-state index < -0.39 is 0 Å². The number of hydrogen-bond donors (Lipinski definition) is 0. The third-order valence-corrected chi connectivity index (χ3v) is 3.11. The molecule has 0 bridgehead atoms. The molecule has 90 valence electrons. The van der Waals surface area contributed by atoms with Crippen molar-refractivity contribution in [1.29, 1.82) is 0 Å². The van der Waals surface area contributed by atoms with Crippen molar-refractivity contribution in [3.05, 3.63) is 4.91 Å². The Morgan fingerprint density at radius 1 is 0.867 bits per heavy atom. The number of unbranched alkanes of at least 4 members (excludes halogenated alkanes) is 5. The summed E-state index contributed by atoms with van der Waals surface area (Å²) in [7, 11) is 0. The molecule has 0 aliphatic heterocycles. The first-order valence-corrected chi connectivity index (χ1v) is 6.53. The number of hydrogen-bond acceptors (Lipinski definition) is 2. The minimum atomic E-state index is -0.289. The Bertz CT molecular complexity index is 159. The molecule has 1 unspecified atom stereocenters. The van der Waals surface area contributed by atoms with Crippen molar-refractivity contribution in [2.45, 2.75) is 84.1 Å². The van der Waals surface area contributed by atoms with Gasteiger partial charge in [-0.2, -0.15) is 4.91 Å². The maximum Gasteiger partial charge on any atom is 0.0998 e. The first kappa shape index (κ1) is 14.6. The van der Waals surface area contributed by atoms with E-state index in [1.54, 1.807) is 0 Å². The van der Waals surface area contributed by atoms with E-state index in [1.807, 2.05) is 6.92 Å². The van der Waals surface area contributed by atoms with Crippen LogP contribution in [0.25, 0.3) is 0 Å². The van der Waals surface area contributed by atoms with Gasteiger partial charge in [-0.3, -0.25) is 0 Å². The summed E-state index contributed by atoms with van der Waals surface area (Å²) in [6, 6.07) is 0. The summed E-state index contributed by atoms with van der Waals surface area (Å²) in [6.45, 7) is 6.39. The molecule has 2 heteroatoms. The molecule has 0 saturated carbocycles. The van der Waals surface area contributed by atoms with Crippen LogP contribution in [-0.2, 0) is 0 Å². The lowest BCUT2D eigenvalue weighted by molar-refractivity contribution is 0.370.